The summed E-state index contributed by atoms with van der Waals surface area (Å²) in [6.07, 6.45) is -3.10. The summed E-state index contributed by atoms with van der Waals surface area (Å²) in [6, 6.07) is 8.92. The van der Waals surface area contributed by atoms with Gasteiger partial charge >= 0.3 is 6.18 Å². The first-order chi connectivity index (χ1) is 14.6. The molecule has 4 nitrogen and oxygen atoms in total. The number of alkyl halides is 3. The number of hydrogen-bond acceptors (Lipinski definition) is 5. The monoisotopic (exact) mass is 443 g/mol. The molecule has 0 radical (unpaired) electrons. The third-order valence-corrected chi connectivity index (χ3v) is 6.72. The van der Waals surface area contributed by atoms with Gasteiger partial charge in [0.1, 0.15) is 5.82 Å². The van der Waals surface area contributed by atoms with Crippen molar-refractivity contribution in [1.82, 2.24) is 0 Å². The number of nitriles is 1. The third-order valence-electron chi connectivity index (χ3n) is 5.74. The zero-order valence-corrected chi connectivity index (χ0v) is 17.8. The van der Waals surface area contributed by atoms with Gasteiger partial charge in [0.25, 0.3) is 0 Å². The number of hydrogen-bond donors (Lipinski definition) is 1. The SMILES string of the molecule is Cc1cc([C@@H]2C(C#N)=C(N)N(c3cccc(C(F)(F)F)c3)C3=C2C(=O)CCC3)c(C)s1. The van der Waals surface area contributed by atoms with Crippen LogP contribution in [-0.2, 0) is 11.0 Å². The topological polar surface area (TPSA) is 70.1 Å². The molecule has 0 bridgehead atoms. The Balaban J connectivity index is 1.97. The van der Waals surface area contributed by atoms with Crippen molar-refractivity contribution >= 4 is 22.8 Å². The highest BCUT2D eigenvalue weighted by Gasteiger charge is 2.41. The molecule has 31 heavy (non-hydrogen) atoms. The molecule has 8 heteroatoms. The van der Waals surface area contributed by atoms with Crippen LogP contribution in [-0.4, -0.2) is 5.78 Å². The highest BCUT2D eigenvalue weighted by Crippen LogP contribution is 2.48. The number of Topliss-reactive ketones (excluding diaryl/α,β-unsaturated/α-hetero) is 1. The van der Waals surface area contributed by atoms with E-state index in [2.05, 4.69) is 6.07 Å². The van der Waals surface area contributed by atoms with Crippen LogP contribution in [0.3, 0.4) is 0 Å². The van der Waals surface area contributed by atoms with Gasteiger partial charge in [0.15, 0.2) is 5.78 Å². The van der Waals surface area contributed by atoms with Crippen molar-refractivity contribution in [3.63, 3.8) is 0 Å². The highest BCUT2D eigenvalue weighted by molar-refractivity contribution is 7.12. The van der Waals surface area contributed by atoms with Gasteiger partial charge in [-0.2, -0.15) is 18.4 Å². The molecule has 1 atom stereocenters. The lowest BCUT2D eigenvalue weighted by atomic mass is 9.75. The number of halogens is 3. The molecule has 2 heterocycles. The van der Waals surface area contributed by atoms with Crippen molar-refractivity contribution in [2.24, 2.45) is 5.73 Å². The van der Waals surface area contributed by atoms with Gasteiger partial charge in [-0.25, -0.2) is 0 Å². The van der Waals surface area contributed by atoms with Gasteiger partial charge < -0.3 is 5.73 Å². The first-order valence-corrected chi connectivity index (χ1v) is 10.7. The Hall–Kier alpha value is -3.05. The zero-order valence-electron chi connectivity index (χ0n) is 17.0. The van der Waals surface area contributed by atoms with E-state index in [1.165, 1.54) is 17.0 Å². The first kappa shape index (κ1) is 21.2. The van der Waals surface area contributed by atoms with Crippen molar-refractivity contribution in [2.45, 2.75) is 45.2 Å². The van der Waals surface area contributed by atoms with Gasteiger partial charge in [0, 0.05) is 33.1 Å². The fourth-order valence-corrected chi connectivity index (χ4v) is 5.41. The van der Waals surface area contributed by atoms with Crippen LogP contribution in [0.15, 0.2) is 53.0 Å². The number of carbonyl (C=O) groups excluding carboxylic acids is 1. The number of aryl methyl sites for hydroxylation is 2. The van der Waals surface area contributed by atoms with Crippen LogP contribution in [0.25, 0.3) is 0 Å². The second-order valence-electron chi connectivity index (χ2n) is 7.73. The Morgan fingerprint density at radius 2 is 1.97 bits per heavy atom. The van der Waals surface area contributed by atoms with E-state index in [4.69, 9.17) is 5.73 Å². The number of anilines is 1. The summed E-state index contributed by atoms with van der Waals surface area (Å²) in [5.74, 6) is -0.616. The Morgan fingerprint density at radius 3 is 2.58 bits per heavy atom. The van der Waals surface area contributed by atoms with Gasteiger partial charge in [-0.15, -0.1) is 11.3 Å². The van der Waals surface area contributed by atoms with Gasteiger partial charge in [-0.05, 0) is 56.5 Å². The molecule has 0 saturated heterocycles. The van der Waals surface area contributed by atoms with Crippen LogP contribution in [0, 0.1) is 25.2 Å². The number of nitrogens with two attached hydrogens (primary N) is 1. The van der Waals surface area contributed by atoms with Gasteiger partial charge in [0.05, 0.1) is 23.1 Å². The molecular weight excluding hydrogens is 423 g/mol. The van der Waals surface area contributed by atoms with E-state index in [9.17, 15) is 23.2 Å². The minimum absolute atomic E-state index is 0.0727. The van der Waals surface area contributed by atoms with Crippen LogP contribution < -0.4 is 10.6 Å². The Labute approximate surface area is 182 Å². The van der Waals surface area contributed by atoms with Crippen molar-refractivity contribution in [3.05, 3.63) is 73.9 Å². The minimum Gasteiger partial charge on any atom is -0.384 e. The van der Waals surface area contributed by atoms with E-state index >= 15 is 0 Å². The van der Waals surface area contributed by atoms with Crippen LogP contribution in [0.5, 0.6) is 0 Å². The Kier molecular flexibility index (Phi) is 5.18. The van der Waals surface area contributed by atoms with E-state index < -0.39 is 17.7 Å². The first-order valence-electron chi connectivity index (χ1n) is 9.83. The average Bonchev–Trinajstić information content (AvgIpc) is 3.04. The molecule has 2 N–H and O–H groups in total. The fourth-order valence-electron chi connectivity index (χ4n) is 4.45. The Bertz CT molecular complexity index is 1180. The van der Waals surface area contributed by atoms with E-state index in [0.29, 0.717) is 30.5 Å². The molecule has 1 aliphatic heterocycles. The maximum atomic E-state index is 13.3. The predicted octanol–water partition coefficient (Wildman–Crippen LogP) is 5.69. The quantitative estimate of drug-likeness (QED) is 0.648. The third kappa shape index (κ3) is 3.53. The van der Waals surface area contributed by atoms with Crippen molar-refractivity contribution < 1.29 is 18.0 Å². The highest BCUT2D eigenvalue weighted by atomic mass is 32.1. The summed E-state index contributed by atoms with van der Waals surface area (Å²) >= 11 is 1.57. The van der Waals surface area contributed by atoms with Crippen LogP contribution in [0.4, 0.5) is 18.9 Å². The smallest absolute Gasteiger partial charge is 0.384 e. The lowest BCUT2D eigenvalue weighted by molar-refractivity contribution is -0.137. The molecule has 0 unspecified atom stereocenters. The molecule has 0 fully saturated rings. The molecule has 1 aromatic carbocycles. The van der Waals surface area contributed by atoms with Crippen molar-refractivity contribution in [2.75, 3.05) is 4.90 Å². The maximum absolute atomic E-state index is 13.3. The van der Waals surface area contributed by atoms with E-state index in [0.717, 1.165) is 27.5 Å². The number of benzene rings is 1. The standard InChI is InChI=1S/C23H20F3N3OS/c1-12-9-16(13(2)31-12)20-17(11-27)22(28)29(18-7-4-8-19(30)21(18)20)15-6-3-5-14(10-15)23(24,25)26/h3,5-6,9-10,20H,4,7-8,28H2,1-2H3/t20-/m1/s1. The minimum atomic E-state index is -4.52. The molecule has 0 amide bonds. The molecule has 1 aromatic heterocycles. The molecular formula is C23H20F3N3OS. The average molecular weight is 443 g/mol. The lowest BCUT2D eigenvalue weighted by Crippen LogP contribution is -2.38. The molecule has 160 valence electrons. The van der Waals surface area contributed by atoms with Crippen LogP contribution in [0.2, 0.25) is 0 Å². The fraction of sp³-hybridized carbons (Fsp3) is 0.304. The second-order valence-corrected chi connectivity index (χ2v) is 9.19. The van der Waals surface area contributed by atoms with E-state index in [-0.39, 0.29) is 22.9 Å². The van der Waals surface area contributed by atoms with E-state index in [1.54, 1.807) is 11.3 Å². The summed E-state index contributed by atoms with van der Waals surface area (Å²) in [5, 5.41) is 9.99. The number of carbonyl (C=O) groups is 1. The van der Waals surface area contributed by atoms with E-state index in [1.807, 2.05) is 19.9 Å². The normalized spacial score (nSPS) is 19.5. The maximum Gasteiger partial charge on any atom is 0.416 e. The van der Waals surface area contributed by atoms with Crippen molar-refractivity contribution in [3.8, 4) is 6.07 Å². The molecule has 0 spiro atoms. The molecule has 4 rings (SSSR count). The number of thiophene rings is 1. The van der Waals surface area contributed by atoms with Gasteiger partial charge in [-0.1, -0.05) is 6.07 Å². The summed E-state index contributed by atoms with van der Waals surface area (Å²) in [7, 11) is 0. The number of ketones is 1. The number of allylic oxidation sites excluding steroid dienone is 3. The summed E-state index contributed by atoms with van der Waals surface area (Å²) in [4.78, 5) is 16.6. The number of rotatable bonds is 2. The molecule has 0 saturated carbocycles. The summed E-state index contributed by atoms with van der Waals surface area (Å²) in [6.45, 7) is 3.89. The zero-order chi connectivity index (χ0) is 22.5. The van der Waals surface area contributed by atoms with Gasteiger partial charge in [-0.3, -0.25) is 9.69 Å². The van der Waals surface area contributed by atoms with Crippen LogP contribution in [0.1, 0.15) is 46.1 Å². The van der Waals surface area contributed by atoms with Crippen molar-refractivity contribution in [1.29, 1.82) is 5.26 Å². The van der Waals surface area contributed by atoms with Gasteiger partial charge in [0.2, 0.25) is 0 Å². The predicted molar refractivity (Wildman–Crippen MR) is 113 cm³/mol. The lowest BCUT2D eigenvalue weighted by Gasteiger charge is -2.39. The second kappa shape index (κ2) is 7.57. The molecule has 1 aliphatic carbocycles. The molecule has 2 aliphatic rings. The Morgan fingerprint density at radius 1 is 1.23 bits per heavy atom. The largest absolute Gasteiger partial charge is 0.416 e. The van der Waals surface area contributed by atoms with Crippen LogP contribution >= 0.6 is 11.3 Å². The summed E-state index contributed by atoms with van der Waals surface area (Å²) in [5.41, 5.74) is 7.90. The summed E-state index contributed by atoms with van der Waals surface area (Å²) < 4.78 is 40.0. The molecule has 2 aromatic rings. The number of nitrogens with zero attached hydrogens (tertiary/aromatic N) is 2.